The summed E-state index contributed by atoms with van der Waals surface area (Å²) >= 11 is 0. The second-order valence-electron chi connectivity index (χ2n) is 3.44. The van der Waals surface area contributed by atoms with E-state index in [0.717, 1.165) is 5.56 Å². The quantitative estimate of drug-likeness (QED) is 0.412. The molecule has 0 aromatic heterocycles. The van der Waals surface area contributed by atoms with E-state index in [9.17, 15) is 9.18 Å². The van der Waals surface area contributed by atoms with Crippen LogP contribution < -0.4 is 21.6 Å². The molecule has 0 spiro atoms. The van der Waals surface area contributed by atoms with E-state index in [1.807, 2.05) is 0 Å². The van der Waals surface area contributed by atoms with Gasteiger partial charge in [-0.2, -0.15) is 5.10 Å². The SMILES string of the molecule is O=C1CNNC(N/N=C/c2ccc(F)cc2)N1. The number of halogens is 1. The lowest BCUT2D eigenvalue weighted by atomic mass is 10.2. The summed E-state index contributed by atoms with van der Waals surface area (Å²) in [6.07, 6.45) is 1.06. The maximum absolute atomic E-state index is 12.6. The Morgan fingerprint density at radius 3 is 2.88 bits per heavy atom. The van der Waals surface area contributed by atoms with Crippen molar-refractivity contribution in [3.8, 4) is 0 Å². The van der Waals surface area contributed by atoms with Gasteiger partial charge in [0.15, 0.2) is 6.29 Å². The summed E-state index contributed by atoms with van der Waals surface area (Å²) < 4.78 is 12.6. The van der Waals surface area contributed by atoms with Crippen LogP contribution in [0, 0.1) is 5.82 Å². The van der Waals surface area contributed by atoms with Crippen LogP contribution in [-0.2, 0) is 4.79 Å². The van der Waals surface area contributed by atoms with Gasteiger partial charge in [-0.25, -0.2) is 15.2 Å². The van der Waals surface area contributed by atoms with Gasteiger partial charge in [0.2, 0.25) is 5.91 Å². The molecule has 7 heteroatoms. The highest BCUT2D eigenvalue weighted by Crippen LogP contribution is 1.99. The molecule has 1 amide bonds. The maximum Gasteiger partial charge on any atom is 0.238 e. The zero-order chi connectivity index (χ0) is 12.1. The normalized spacial score (nSPS) is 20.3. The Balaban J connectivity index is 1.84. The van der Waals surface area contributed by atoms with E-state index in [1.54, 1.807) is 12.1 Å². The lowest BCUT2D eigenvalue weighted by molar-refractivity contribution is -0.123. The van der Waals surface area contributed by atoms with Crippen LogP contribution in [0.5, 0.6) is 0 Å². The number of amides is 1. The lowest BCUT2D eigenvalue weighted by Gasteiger charge is -2.24. The van der Waals surface area contributed by atoms with Crippen molar-refractivity contribution in [1.82, 2.24) is 21.6 Å². The van der Waals surface area contributed by atoms with Gasteiger partial charge in [0.25, 0.3) is 0 Å². The van der Waals surface area contributed by atoms with Gasteiger partial charge in [-0.15, -0.1) is 0 Å². The van der Waals surface area contributed by atoms with E-state index >= 15 is 0 Å². The van der Waals surface area contributed by atoms with Crippen LogP contribution >= 0.6 is 0 Å². The van der Waals surface area contributed by atoms with Gasteiger partial charge < -0.3 is 5.32 Å². The van der Waals surface area contributed by atoms with E-state index in [2.05, 4.69) is 26.7 Å². The van der Waals surface area contributed by atoms with E-state index in [1.165, 1.54) is 18.3 Å². The highest BCUT2D eigenvalue weighted by Gasteiger charge is 2.14. The summed E-state index contributed by atoms with van der Waals surface area (Å²) in [5.74, 6) is -0.418. The predicted octanol–water partition coefficient (Wildman–Crippen LogP) is -0.743. The second-order valence-corrected chi connectivity index (χ2v) is 3.44. The number of hydrogen-bond donors (Lipinski definition) is 4. The van der Waals surface area contributed by atoms with Gasteiger partial charge >= 0.3 is 0 Å². The van der Waals surface area contributed by atoms with Gasteiger partial charge in [-0.05, 0) is 17.7 Å². The van der Waals surface area contributed by atoms with Crippen molar-refractivity contribution >= 4 is 12.1 Å². The molecule has 0 radical (unpaired) electrons. The van der Waals surface area contributed by atoms with Crippen LogP contribution in [0.1, 0.15) is 5.56 Å². The van der Waals surface area contributed by atoms with Crippen LogP contribution in [-0.4, -0.2) is 25.0 Å². The Bertz CT molecular complexity index is 419. The third kappa shape index (κ3) is 3.51. The monoisotopic (exact) mass is 237 g/mol. The first kappa shape index (κ1) is 11.5. The molecule has 1 aliphatic rings. The number of hydrogen-bond acceptors (Lipinski definition) is 5. The Hall–Kier alpha value is -1.99. The van der Waals surface area contributed by atoms with E-state index in [-0.39, 0.29) is 18.3 Å². The second kappa shape index (κ2) is 5.37. The van der Waals surface area contributed by atoms with Gasteiger partial charge in [0, 0.05) is 0 Å². The Labute approximate surface area is 97.2 Å². The summed E-state index contributed by atoms with van der Waals surface area (Å²) in [7, 11) is 0. The van der Waals surface area contributed by atoms with Crippen molar-refractivity contribution in [3.05, 3.63) is 35.6 Å². The third-order valence-corrected chi connectivity index (χ3v) is 2.09. The van der Waals surface area contributed by atoms with Crippen molar-refractivity contribution in [2.24, 2.45) is 5.10 Å². The van der Waals surface area contributed by atoms with Crippen molar-refractivity contribution in [3.63, 3.8) is 0 Å². The molecule has 1 saturated heterocycles. The Morgan fingerprint density at radius 2 is 2.18 bits per heavy atom. The molecule has 1 aromatic rings. The average Bonchev–Trinajstić information content (AvgIpc) is 2.32. The predicted molar refractivity (Wildman–Crippen MR) is 60.2 cm³/mol. The molecular weight excluding hydrogens is 225 g/mol. The molecule has 2 rings (SSSR count). The summed E-state index contributed by atoms with van der Waals surface area (Å²) in [5, 5.41) is 6.53. The third-order valence-electron chi connectivity index (χ3n) is 2.09. The highest BCUT2D eigenvalue weighted by molar-refractivity contribution is 5.79. The fourth-order valence-electron chi connectivity index (χ4n) is 1.28. The molecule has 1 unspecified atom stereocenters. The zero-order valence-corrected chi connectivity index (χ0v) is 8.90. The Kier molecular flexibility index (Phi) is 3.63. The maximum atomic E-state index is 12.6. The molecule has 1 aromatic carbocycles. The summed E-state index contributed by atoms with van der Waals surface area (Å²) in [6, 6.07) is 5.91. The molecule has 1 atom stereocenters. The van der Waals surface area contributed by atoms with Crippen molar-refractivity contribution in [1.29, 1.82) is 0 Å². The van der Waals surface area contributed by atoms with Gasteiger partial charge in [0.1, 0.15) is 5.82 Å². The zero-order valence-electron chi connectivity index (χ0n) is 8.90. The molecule has 6 nitrogen and oxygen atoms in total. The standard InChI is InChI=1S/C10H12FN5O/c11-8-3-1-7(2-4-8)5-12-15-10-14-9(17)6-13-16-10/h1-5,10,13,15-16H,6H2,(H,14,17)/b12-5+. The van der Waals surface area contributed by atoms with Crippen LogP contribution in [0.3, 0.4) is 0 Å². The molecule has 0 saturated carbocycles. The van der Waals surface area contributed by atoms with Crippen LogP contribution in [0.4, 0.5) is 4.39 Å². The molecule has 90 valence electrons. The lowest BCUT2D eigenvalue weighted by Crippen LogP contribution is -2.64. The van der Waals surface area contributed by atoms with E-state index < -0.39 is 6.29 Å². The van der Waals surface area contributed by atoms with Crippen molar-refractivity contribution in [2.45, 2.75) is 6.29 Å². The van der Waals surface area contributed by atoms with Gasteiger partial charge in [-0.3, -0.25) is 10.2 Å². The minimum atomic E-state index is -0.465. The fourth-order valence-corrected chi connectivity index (χ4v) is 1.28. The molecular formula is C10H12FN5O. The number of hydrazine groups is 1. The minimum absolute atomic E-state index is 0.127. The Morgan fingerprint density at radius 1 is 1.41 bits per heavy atom. The van der Waals surface area contributed by atoms with E-state index in [0.29, 0.717) is 0 Å². The van der Waals surface area contributed by atoms with Gasteiger partial charge in [0.05, 0.1) is 12.8 Å². The summed E-state index contributed by atoms with van der Waals surface area (Å²) in [6.45, 7) is 0.222. The average molecular weight is 237 g/mol. The first-order valence-corrected chi connectivity index (χ1v) is 5.06. The largest absolute Gasteiger partial charge is 0.320 e. The van der Waals surface area contributed by atoms with Gasteiger partial charge in [-0.1, -0.05) is 12.1 Å². The number of nitrogens with one attached hydrogen (secondary N) is 4. The van der Waals surface area contributed by atoms with Crippen molar-refractivity contribution < 1.29 is 9.18 Å². The number of nitrogens with zero attached hydrogens (tertiary/aromatic N) is 1. The highest BCUT2D eigenvalue weighted by atomic mass is 19.1. The number of hydrazone groups is 1. The first-order valence-electron chi connectivity index (χ1n) is 5.06. The minimum Gasteiger partial charge on any atom is -0.320 e. The number of carbonyl (C=O) groups excluding carboxylic acids is 1. The molecule has 0 aliphatic carbocycles. The smallest absolute Gasteiger partial charge is 0.238 e. The van der Waals surface area contributed by atoms with Crippen molar-refractivity contribution in [2.75, 3.05) is 6.54 Å². The summed E-state index contributed by atoms with van der Waals surface area (Å²) in [5.41, 5.74) is 8.91. The fraction of sp³-hybridized carbons (Fsp3) is 0.200. The molecule has 17 heavy (non-hydrogen) atoms. The topological polar surface area (TPSA) is 77.6 Å². The van der Waals surface area contributed by atoms with Crippen LogP contribution in [0.25, 0.3) is 0 Å². The number of carbonyl (C=O) groups is 1. The number of benzene rings is 1. The molecule has 1 aliphatic heterocycles. The number of rotatable bonds is 3. The summed E-state index contributed by atoms with van der Waals surface area (Å²) in [4.78, 5) is 11.0. The van der Waals surface area contributed by atoms with Crippen LogP contribution in [0.15, 0.2) is 29.4 Å². The molecule has 1 heterocycles. The molecule has 0 bridgehead atoms. The first-order chi connectivity index (χ1) is 8.24. The molecule has 1 fully saturated rings. The molecule has 4 N–H and O–H groups in total. The van der Waals surface area contributed by atoms with Crippen LogP contribution in [0.2, 0.25) is 0 Å². The van der Waals surface area contributed by atoms with E-state index in [4.69, 9.17) is 0 Å².